The zero-order valence-corrected chi connectivity index (χ0v) is 14.4. The van der Waals surface area contributed by atoms with Crippen LogP contribution in [0.5, 0.6) is 0 Å². The molecule has 128 valence electrons. The molecule has 0 saturated carbocycles. The van der Waals surface area contributed by atoms with Crippen LogP contribution in [0, 0.1) is 0 Å². The van der Waals surface area contributed by atoms with Gasteiger partial charge in [0.2, 0.25) is 0 Å². The molecule has 0 spiro atoms. The van der Waals surface area contributed by atoms with E-state index >= 15 is 0 Å². The third-order valence-electron chi connectivity index (χ3n) is 4.03. The minimum absolute atomic E-state index is 0.322. The van der Waals surface area contributed by atoms with Gasteiger partial charge in [-0.25, -0.2) is 0 Å². The predicted octanol–water partition coefficient (Wildman–Crippen LogP) is 4.33. The molecule has 2 N–H and O–H groups in total. The van der Waals surface area contributed by atoms with Crippen LogP contribution in [-0.2, 0) is 10.1 Å². The number of hydrogen-bond donors (Lipinski definition) is 2. The van der Waals surface area contributed by atoms with Gasteiger partial charge in [0, 0.05) is 6.61 Å². The van der Waals surface area contributed by atoms with E-state index < -0.39 is 15.4 Å². The van der Waals surface area contributed by atoms with Crippen LogP contribution in [0.1, 0.15) is 90.4 Å². The fourth-order valence-corrected chi connectivity index (χ4v) is 2.92. The summed E-state index contributed by atoms with van der Waals surface area (Å²) in [5, 5.41) is 8.03. The normalized spacial score (nSPS) is 13.5. The molecular formula is C16H34O4S. The highest BCUT2D eigenvalue weighted by molar-refractivity contribution is 7.86. The summed E-state index contributed by atoms with van der Waals surface area (Å²) < 4.78 is 30.5. The first-order chi connectivity index (χ1) is 9.98. The zero-order chi connectivity index (χ0) is 16.0. The van der Waals surface area contributed by atoms with E-state index in [9.17, 15) is 8.42 Å². The molecule has 0 aliphatic carbocycles. The second-order valence-corrected chi connectivity index (χ2v) is 7.92. The Kier molecular flexibility index (Phi) is 13.4. The summed E-state index contributed by atoms with van der Waals surface area (Å²) in [5.41, 5.74) is 0. The first-order valence-corrected chi connectivity index (χ1v) is 10.1. The topological polar surface area (TPSA) is 74.6 Å². The van der Waals surface area contributed by atoms with Gasteiger partial charge in [-0.3, -0.25) is 4.55 Å². The Bertz CT molecular complexity index is 314. The van der Waals surface area contributed by atoms with Crippen LogP contribution in [0.25, 0.3) is 0 Å². The number of unbranched alkanes of at least 4 members (excludes halogenated alkanes) is 11. The second kappa shape index (κ2) is 13.5. The zero-order valence-electron chi connectivity index (χ0n) is 13.6. The number of rotatable bonds is 15. The van der Waals surface area contributed by atoms with Gasteiger partial charge in [0.15, 0.2) is 0 Å². The van der Waals surface area contributed by atoms with E-state index in [1.807, 2.05) is 0 Å². The standard InChI is InChI=1S/C16H34O4S/c1-16(21(18,19)20)14-12-10-8-6-4-2-3-5-7-9-11-13-15-17/h16-17H,2-15H2,1H3,(H,18,19,20). The van der Waals surface area contributed by atoms with Gasteiger partial charge in [0.25, 0.3) is 10.1 Å². The quantitative estimate of drug-likeness (QED) is 0.348. The first kappa shape index (κ1) is 20.9. The van der Waals surface area contributed by atoms with Crippen LogP contribution in [0.3, 0.4) is 0 Å². The maximum Gasteiger partial charge on any atom is 0.267 e. The Labute approximate surface area is 131 Å². The first-order valence-electron chi connectivity index (χ1n) is 8.55. The van der Waals surface area contributed by atoms with Gasteiger partial charge in [-0.1, -0.05) is 70.6 Å². The Hall–Kier alpha value is -0.130. The summed E-state index contributed by atoms with van der Waals surface area (Å²) in [7, 11) is -3.83. The minimum Gasteiger partial charge on any atom is -0.396 e. The lowest BCUT2D eigenvalue weighted by molar-refractivity contribution is 0.282. The van der Waals surface area contributed by atoms with Crippen LogP contribution in [0.15, 0.2) is 0 Å². The molecule has 0 heterocycles. The van der Waals surface area contributed by atoms with Gasteiger partial charge in [0.05, 0.1) is 5.25 Å². The molecule has 0 aromatic carbocycles. The molecular weight excluding hydrogens is 288 g/mol. The van der Waals surface area contributed by atoms with E-state index in [4.69, 9.17) is 9.66 Å². The molecule has 0 aliphatic rings. The number of hydrogen-bond acceptors (Lipinski definition) is 3. The molecule has 21 heavy (non-hydrogen) atoms. The van der Waals surface area contributed by atoms with E-state index in [0.29, 0.717) is 13.0 Å². The van der Waals surface area contributed by atoms with Crippen LogP contribution < -0.4 is 0 Å². The third-order valence-corrected chi connectivity index (χ3v) is 5.28. The molecule has 0 aliphatic heterocycles. The van der Waals surface area contributed by atoms with Crippen molar-refractivity contribution < 1.29 is 18.1 Å². The fraction of sp³-hybridized carbons (Fsp3) is 1.00. The molecule has 0 fully saturated rings. The van der Waals surface area contributed by atoms with E-state index in [1.165, 1.54) is 44.9 Å². The SMILES string of the molecule is CC(CCCCCCCCCCCCCCO)S(=O)(=O)O. The average Bonchev–Trinajstić information content (AvgIpc) is 2.42. The summed E-state index contributed by atoms with van der Waals surface area (Å²) in [5.74, 6) is 0. The molecule has 0 amide bonds. The summed E-state index contributed by atoms with van der Waals surface area (Å²) in [4.78, 5) is 0. The summed E-state index contributed by atoms with van der Waals surface area (Å²) >= 11 is 0. The fourth-order valence-electron chi connectivity index (χ4n) is 2.46. The Morgan fingerprint density at radius 1 is 0.714 bits per heavy atom. The van der Waals surface area contributed by atoms with Gasteiger partial charge in [-0.2, -0.15) is 8.42 Å². The van der Waals surface area contributed by atoms with Gasteiger partial charge in [0.1, 0.15) is 0 Å². The molecule has 4 nitrogen and oxygen atoms in total. The Balaban J connectivity index is 3.16. The van der Waals surface area contributed by atoms with Crippen molar-refractivity contribution in [2.75, 3.05) is 6.61 Å². The van der Waals surface area contributed by atoms with Gasteiger partial charge >= 0.3 is 0 Å². The van der Waals surface area contributed by atoms with Crippen molar-refractivity contribution in [3.8, 4) is 0 Å². The molecule has 0 rings (SSSR count). The van der Waals surface area contributed by atoms with Gasteiger partial charge in [-0.15, -0.1) is 0 Å². The van der Waals surface area contributed by atoms with Crippen molar-refractivity contribution in [2.45, 2.75) is 95.6 Å². The van der Waals surface area contributed by atoms with Gasteiger partial charge in [-0.05, 0) is 19.8 Å². The minimum atomic E-state index is -3.83. The number of aliphatic hydroxyl groups is 1. The Morgan fingerprint density at radius 2 is 1.05 bits per heavy atom. The van der Waals surface area contributed by atoms with Crippen LogP contribution in [-0.4, -0.2) is 29.9 Å². The Morgan fingerprint density at radius 3 is 1.38 bits per heavy atom. The summed E-state index contributed by atoms with van der Waals surface area (Å²) in [6, 6.07) is 0. The van der Waals surface area contributed by atoms with Crippen molar-refractivity contribution in [3.63, 3.8) is 0 Å². The molecule has 0 aromatic rings. The van der Waals surface area contributed by atoms with Crippen molar-refractivity contribution in [1.29, 1.82) is 0 Å². The van der Waals surface area contributed by atoms with Crippen LogP contribution >= 0.6 is 0 Å². The molecule has 0 aromatic heterocycles. The lowest BCUT2D eigenvalue weighted by Crippen LogP contribution is -2.16. The number of aliphatic hydroxyl groups excluding tert-OH is 1. The van der Waals surface area contributed by atoms with E-state index in [1.54, 1.807) is 6.92 Å². The second-order valence-electron chi connectivity index (χ2n) is 6.08. The highest BCUT2D eigenvalue weighted by Crippen LogP contribution is 2.14. The highest BCUT2D eigenvalue weighted by atomic mass is 32.2. The largest absolute Gasteiger partial charge is 0.396 e. The molecule has 1 unspecified atom stereocenters. The molecule has 0 saturated heterocycles. The molecule has 0 radical (unpaired) electrons. The van der Waals surface area contributed by atoms with E-state index in [0.717, 1.165) is 32.1 Å². The van der Waals surface area contributed by atoms with E-state index in [2.05, 4.69) is 0 Å². The highest BCUT2D eigenvalue weighted by Gasteiger charge is 2.15. The summed E-state index contributed by atoms with van der Waals surface area (Å²) in [6.07, 6.45) is 14.7. The maximum atomic E-state index is 10.8. The summed E-state index contributed by atoms with van der Waals surface area (Å²) in [6.45, 7) is 1.89. The van der Waals surface area contributed by atoms with Gasteiger partial charge < -0.3 is 5.11 Å². The molecule has 1 atom stereocenters. The molecule has 0 bridgehead atoms. The maximum absolute atomic E-state index is 10.8. The van der Waals surface area contributed by atoms with E-state index in [-0.39, 0.29) is 0 Å². The van der Waals surface area contributed by atoms with Crippen molar-refractivity contribution in [2.24, 2.45) is 0 Å². The monoisotopic (exact) mass is 322 g/mol. The lowest BCUT2D eigenvalue weighted by Gasteiger charge is -2.07. The van der Waals surface area contributed by atoms with Crippen molar-refractivity contribution >= 4 is 10.1 Å². The third kappa shape index (κ3) is 14.6. The van der Waals surface area contributed by atoms with Crippen LogP contribution in [0.4, 0.5) is 0 Å². The molecule has 5 heteroatoms. The van der Waals surface area contributed by atoms with Crippen molar-refractivity contribution in [1.82, 2.24) is 0 Å². The smallest absolute Gasteiger partial charge is 0.267 e. The predicted molar refractivity (Wildman–Crippen MR) is 88.1 cm³/mol. The van der Waals surface area contributed by atoms with Crippen molar-refractivity contribution in [3.05, 3.63) is 0 Å². The average molecular weight is 323 g/mol. The lowest BCUT2D eigenvalue weighted by atomic mass is 10.0. The van der Waals surface area contributed by atoms with Crippen LogP contribution in [0.2, 0.25) is 0 Å².